The number of nitrogens with one attached hydrogen (secondary N) is 1. The van der Waals surface area contributed by atoms with E-state index in [-0.39, 0.29) is 11.1 Å². The van der Waals surface area contributed by atoms with Gasteiger partial charge in [0.05, 0.1) is 11.7 Å². The molecule has 2 nitrogen and oxygen atoms in total. The maximum absolute atomic E-state index is 6.46. The summed E-state index contributed by atoms with van der Waals surface area (Å²) in [5.74, 6) is 0.755. The lowest BCUT2D eigenvalue weighted by molar-refractivity contribution is -0.0643. The van der Waals surface area contributed by atoms with Gasteiger partial charge >= 0.3 is 0 Å². The zero-order valence-electron chi connectivity index (χ0n) is 12.8. The van der Waals surface area contributed by atoms with E-state index in [9.17, 15) is 0 Å². The molecule has 1 aliphatic heterocycles. The summed E-state index contributed by atoms with van der Waals surface area (Å²) in [5, 5.41) is 3.79. The molecule has 1 atom stereocenters. The summed E-state index contributed by atoms with van der Waals surface area (Å²) in [5.41, 5.74) is 0.455. The number of halogens is 1. The average molecular weight is 300 g/mol. The third-order valence-corrected chi connectivity index (χ3v) is 6.39. The topological polar surface area (TPSA) is 21.3 Å². The van der Waals surface area contributed by atoms with Crippen LogP contribution < -0.4 is 5.32 Å². The first-order valence-electron chi connectivity index (χ1n) is 8.75. The summed E-state index contributed by atoms with van der Waals surface area (Å²) in [6, 6.07) is 0. The van der Waals surface area contributed by atoms with Crippen LogP contribution in [0.4, 0.5) is 0 Å². The maximum atomic E-state index is 6.46. The van der Waals surface area contributed by atoms with Crippen molar-refractivity contribution in [3.05, 3.63) is 0 Å². The first kappa shape index (κ1) is 15.1. The van der Waals surface area contributed by atoms with Crippen LogP contribution in [0, 0.1) is 0 Å². The Kier molecular flexibility index (Phi) is 4.94. The molecule has 2 saturated carbocycles. The van der Waals surface area contributed by atoms with Gasteiger partial charge in [0.15, 0.2) is 0 Å². The molecule has 3 aliphatic rings. The van der Waals surface area contributed by atoms with Gasteiger partial charge in [0, 0.05) is 18.0 Å². The van der Waals surface area contributed by atoms with Crippen molar-refractivity contribution in [2.75, 3.05) is 12.4 Å². The van der Waals surface area contributed by atoms with Gasteiger partial charge in [-0.05, 0) is 38.5 Å². The van der Waals surface area contributed by atoms with Gasteiger partial charge in [0.25, 0.3) is 0 Å². The van der Waals surface area contributed by atoms with E-state index in [2.05, 4.69) is 5.32 Å². The van der Waals surface area contributed by atoms with E-state index in [4.69, 9.17) is 16.3 Å². The van der Waals surface area contributed by atoms with Crippen LogP contribution in [0.5, 0.6) is 0 Å². The zero-order chi connectivity index (χ0) is 13.9. The lowest BCUT2D eigenvalue weighted by atomic mass is 9.82. The van der Waals surface area contributed by atoms with Gasteiger partial charge in [-0.15, -0.1) is 11.6 Å². The predicted molar refractivity (Wildman–Crippen MR) is 84.5 cm³/mol. The summed E-state index contributed by atoms with van der Waals surface area (Å²) >= 11 is 6.26. The summed E-state index contributed by atoms with van der Waals surface area (Å²) in [7, 11) is 0. The minimum Gasteiger partial charge on any atom is -0.370 e. The van der Waals surface area contributed by atoms with Crippen molar-refractivity contribution in [1.29, 1.82) is 0 Å². The molecule has 0 bridgehead atoms. The van der Waals surface area contributed by atoms with E-state index in [0.717, 1.165) is 12.4 Å². The SMILES string of the molecule is ClCC1(NCC2CCC3(CCCCC3)O2)CCCCC1. The van der Waals surface area contributed by atoms with Crippen molar-refractivity contribution < 1.29 is 4.74 Å². The maximum Gasteiger partial charge on any atom is 0.0708 e. The van der Waals surface area contributed by atoms with E-state index >= 15 is 0 Å². The predicted octanol–water partition coefficient (Wildman–Crippen LogP) is 4.40. The van der Waals surface area contributed by atoms with Crippen molar-refractivity contribution in [3.8, 4) is 0 Å². The molecule has 0 aromatic heterocycles. The van der Waals surface area contributed by atoms with Crippen LogP contribution in [-0.2, 0) is 4.74 Å². The Bertz CT molecular complexity index is 308. The van der Waals surface area contributed by atoms with Crippen LogP contribution in [0.3, 0.4) is 0 Å². The van der Waals surface area contributed by atoms with Crippen LogP contribution in [0.25, 0.3) is 0 Å². The normalized spacial score (nSPS) is 32.5. The molecule has 20 heavy (non-hydrogen) atoms. The quantitative estimate of drug-likeness (QED) is 0.777. The molecule has 116 valence electrons. The monoisotopic (exact) mass is 299 g/mol. The average Bonchev–Trinajstić information content (AvgIpc) is 2.90. The first-order chi connectivity index (χ1) is 9.76. The van der Waals surface area contributed by atoms with Crippen LogP contribution >= 0.6 is 11.6 Å². The number of hydrogen-bond acceptors (Lipinski definition) is 2. The number of ether oxygens (including phenoxy) is 1. The second-order valence-corrected chi connectivity index (χ2v) is 7.64. The largest absolute Gasteiger partial charge is 0.370 e. The molecule has 0 aromatic carbocycles. The Balaban J connectivity index is 1.49. The van der Waals surface area contributed by atoms with Crippen molar-refractivity contribution in [2.45, 2.75) is 94.3 Å². The molecular formula is C17H30ClNO. The summed E-state index contributed by atoms with van der Waals surface area (Å²) in [4.78, 5) is 0. The van der Waals surface area contributed by atoms with E-state index < -0.39 is 0 Å². The molecule has 3 fully saturated rings. The van der Waals surface area contributed by atoms with Gasteiger partial charge in [-0.25, -0.2) is 0 Å². The number of rotatable bonds is 4. The van der Waals surface area contributed by atoms with Gasteiger partial charge in [-0.2, -0.15) is 0 Å². The molecule has 3 heteroatoms. The number of alkyl halides is 1. The third kappa shape index (κ3) is 3.34. The van der Waals surface area contributed by atoms with Crippen LogP contribution in [0.15, 0.2) is 0 Å². The fourth-order valence-electron chi connectivity index (χ4n) is 4.52. The standard InChI is InChI=1S/C17H30ClNO/c18-14-16(8-3-1-4-9-16)19-13-15-7-12-17(20-15)10-5-2-6-11-17/h15,19H,1-14H2. The highest BCUT2D eigenvalue weighted by molar-refractivity contribution is 6.18. The summed E-state index contributed by atoms with van der Waals surface area (Å²) < 4.78 is 6.46. The Morgan fingerprint density at radius 2 is 1.55 bits per heavy atom. The molecule has 1 unspecified atom stereocenters. The Labute approximate surface area is 129 Å². The van der Waals surface area contributed by atoms with Gasteiger partial charge in [-0.3, -0.25) is 0 Å². The molecule has 1 N–H and O–H groups in total. The molecule has 0 amide bonds. The highest BCUT2D eigenvalue weighted by atomic mass is 35.5. The minimum absolute atomic E-state index is 0.200. The second-order valence-electron chi connectivity index (χ2n) is 7.38. The first-order valence-corrected chi connectivity index (χ1v) is 9.28. The van der Waals surface area contributed by atoms with Gasteiger partial charge in [-0.1, -0.05) is 38.5 Å². The van der Waals surface area contributed by atoms with Crippen molar-refractivity contribution in [3.63, 3.8) is 0 Å². The molecule has 0 radical (unpaired) electrons. The van der Waals surface area contributed by atoms with Crippen LogP contribution in [-0.4, -0.2) is 29.7 Å². The molecule has 2 aliphatic carbocycles. The summed E-state index contributed by atoms with van der Waals surface area (Å²) in [6.45, 7) is 1.01. The van der Waals surface area contributed by atoms with Crippen molar-refractivity contribution in [1.82, 2.24) is 5.32 Å². The zero-order valence-corrected chi connectivity index (χ0v) is 13.5. The van der Waals surface area contributed by atoms with Gasteiger partial charge in [0.2, 0.25) is 0 Å². The fourth-order valence-corrected chi connectivity index (χ4v) is 4.88. The van der Waals surface area contributed by atoms with Crippen LogP contribution in [0.2, 0.25) is 0 Å². The molecule has 0 aromatic rings. The Morgan fingerprint density at radius 1 is 0.900 bits per heavy atom. The fraction of sp³-hybridized carbons (Fsp3) is 1.00. The lowest BCUT2D eigenvalue weighted by Gasteiger charge is -2.38. The summed E-state index contributed by atoms with van der Waals surface area (Å²) in [6.07, 6.45) is 16.2. The van der Waals surface area contributed by atoms with Gasteiger partial charge < -0.3 is 10.1 Å². The molecule has 1 spiro atoms. The van der Waals surface area contributed by atoms with Crippen LogP contribution in [0.1, 0.15) is 77.0 Å². The molecule has 1 saturated heterocycles. The van der Waals surface area contributed by atoms with E-state index in [1.807, 2.05) is 0 Å². The lowest BCUT2D eigenvalue weighted by Crippen LogP contribution is -2.51. The van der Waals surface area contributed by atoms with Gasteiger partial charge in [0.1, 0.15) is 0 Å². The number of hydrogen-bond donors (Lipinski definition) is 1. The molecular weight excluding hydrogens is 270 g/mol. The highest BCUT2D eigenvalue weighted by Gasteiger charge is 2.41. The third-order valence-electron chi connectivity index (χ3n) is 5.87. The highest BCUT2D eigenvalue weighted by Crippen LogP contribution is 2.42. The van der Waals surface area contributed by atoms with Crippen molar-refractivity contribution >= 4 is 11.6 Å². The van der Waals surface area contributed by atoms with E-state index in [1.54, 1.807) is 0 Å². The van der Waals surface area contributed by atoms with Crippen molar-refractivity contribution in [2.24, 2.45) is 0 Å². The molecule has 1 heterocycles. The minimum atomic E-state index is 0.200. The van der Waals surface area contributed by atoms with E-state index in [1.165, 1.54) is 77.0 Å². The Hall–Kier alpha value is 0.210. The Morgan fingerprint density at radius 3 is 2.20 bits per heavy atom. The van der Waals surface area contributed by atoms with E-state index in [0.29, 0.717) is 6.10 Å². The smallest absolute Gasteiger partial charge is 0.0708 e. The second kappa shape index (κ2) is 6.54. The molecule has 3 rings (SSSR count).